The van der Waals surface area contributed by atoms with Crippen LogP contribution in [0.5, 0.6) is 17.2 Å². The summed E-state index contributed by atoms with van der Waals surface area (Å²) in [6, 6.07) is 18.7. The monoisotopic (exact) mass is 461 g/mol. The van der Waals surface area contributed by atoms with Crippen LogP contribution < -0.4 is 19.7 Å². The van der Waals surface area contributed by atoms with Gasteiger partial charge in [-0.05, 0) is 48.9 Å². The van der Waals surface area contributed by atoms with Crippen molar-refractivity contribution < 1.29 is 24.0 Å². The van der Waals surface area contributed by atoms with Crippen molar-refractivity contribution in [2.24, 2.45) is 5.92 Å². The van der Waals surface area contributed by atoms with Crippen molar-refractivity contribution in [2.75, 3.05) is 23.9 Å². The van der Waals surface area contributed by atoms with Crippen molar-refractivity contribution in [1.29, 1.82) is 0 Å². The highest BCUT2D eigenvalue weighted by Crippen LogP contribution is 2.36. The number of para-hydroxylation sites is 1. The fraction of sp³-hybridized carbons (Fsp3) is 0.200. The minimum atomic E-state index is -0.574. The summed E-state index contributed by atoms with van der Waals surface area (Å²) in [4.78, 5) is 37.3. The van der Waals surface area contributed by atoms with Gasteiger partial charge in [-0.2, -0.15) is 0 Å². The van der Waals surface area contributed by atoms with Gasteiger partial charge in [0, 0.05) is 24.7 Å². The van der Waals surface area contributed by atoms with E-state index in [0.717, 1.165) is 11.3 Å². The number of nitro benzene ring substituents is 1. The van der Waals surface area contributed by atoms with E-state index in [9.17, 15) is 19.7 Å². The summed E-state index contributed by atoms with van der Waals surface area (Å²) in [5.41, 5.74) is 1.85. The molecule has 1 aliphatic rings. The molecule has 0 spiro atoms. The van der Waals surface area contributed by atoms with Crippen LogP contribution in [0.15, 0.2) is 66.7 Å². The molecule has 4 rings (SSSR count). The number of amides is 2. The van der Waals surface area contributed by atoms with Crippen molar-refractivity contribution in [3.05, 3.63) is 82.4 Å². The van der Waals surface area contributed by atoms with Gasteiger partial charge < -0.3 is 19.7 Å². The van der Waals surface area contributed by atoms with E-state index in [2.05, 4.69) is 5.32 Å². The highest BCUT2D eigenvalue weighted by atomic mass is 16.6. The molecule has 3 aromatic rings. The van der Waals surface area contributed by atoms with Gasteiger partial charge in [0.1, 0.15) is 17.2 Å². The summed E-state index contributed by atoms with van der Waals surface area (Å²) < 4.78 is 11.1. The second-order valence-electron chi connectivity index (χ2n) is 7.90. The third-order valence-electron chi connectivity index (χ3n) is 5.60. The van der Waals surface area contributed by atoms with Crippen molar-refractivity contribution in [3.63, 3.8) is 0 Å². The van der Waals surface area contributed by atoms with Crippen LogP contribution in [0.4, 0.5) is 17.1 Å². The molecule has 1 aliphatic heterocycles. The number of nitro groups is 1. The van der Waals surface area contributed by atoms with Crippen molar-refractivity contribution >= 4 is 28.9 Å². The predicted molar refractivity (Wildman–Crippen MR) is 126 cm³/mol. The smallest absolute Gasteiger partial charge is 0.273 e. The molecular formula is C25H23N3O6. The highest BCUT2D eigenvalue weighted by Gasteiger charge is 2.36. The Balaban J connectivity index is 1.41. The molecule has 9 nitrogen and oxygen atoms in total. The number of rotatable bonds is 7. The summed E-state index contributed by atoms with van der Waals surface area (Å²) in [7, 11) is 1.37. The molecule has 0 bridgehead atoms. The Bertz CT molecular complexity index is 1240. The Morgan fingerprint density at radius 1 is 1.09 bits per heavy atom. The molecule has 174 valence electrons. The predicted octanol–water partition coefficient (Wildman–Crippen LogP) is 4.70. The first kappa shape index (κ1) is 22.8. The second kappa shape index (κ2) is 9.62. The van der Waals surface area contributed by atoms with E-state index in [1.165, 1.54) is 30.2 Å². The number of hydrogen-bond donors (Lipinski definition) is 1. The van der Waals surface area contributed by atoms with E-state index < -0.39 is 10.8 Å². The average Bonchev–Trinajstić information content (AvgIpc) is 3.22. The van der Waals surface area contributed by atoms with Crippen molar-refractivity contribution in [2.45, 2.75) is 13.3 Å². The minimum absolute atomic E-state index is 0.0282. The highest BCUT2D eigenvalue weighted by molar-refractivity contribution is 6.04. The Morgan fingerprint density at radius 2 is 1.82 bits per heavy atom. The summed E-state index contributed by atoms with van der Waals surface area (Å²) in [5, 5.41) is 13.9. The van der Waals surface area contributed by atoms with Gasteiger partial charge in [0.05, 0.1) is 29.7 Å². The number of ether oxygens (including phenoxy) is 2. The molecular weight excluding hydrogens is 438 g/mol. The van der Waals surface area contributed by atoms with Crippen LogP contribution in [0.3, 0.4) is 0 Å². The molecule has 0 aliphatic carbocycles. The molecule has 1 heterocycles. The van der Waals surface area contributed by atoms with Crippen LogP contribution in [-0.2, 0) is 9.59 Å². The summed E-state index contributed by atoms with van der Waals surface area (Å²) >= 11 is 0. The van der Waals surface area contributed by atoms with E-state index in [-0.39, 0.29) is 36.2 Å². The van der Waals surface area contributed by atoms with Crippen LogP contribution in [0, 0.1) is 23.0 Å². The van der Waals surface area contributed by atoms with E-state index in [1.54, 1.807) is 24.3 Å². The van der Waals surface area contributed by atoms with Gasteiger partial charge in [0.25, 0.3) is 5.69 Å². The number of benzene rings is 3. The first-order valence-electron chi connectivity index (χ1n) is 10.6. The zero-order valence-electron chi connectivity index (χ0n) is 18.7. The molecule has 0 saturated carbocycles. The molecule has 9 heteroatoms. The van der Waals surface area contributed by atoms with E-state index in [4.69, 9.17) is 9.47 Å². The van der Waals surface area contributed by atoms with Gasteiger partial charge in [0.15, 0.2) is 0 Å². The molecule has 2 amide bonds. The fourth-order valence-corrected chi connectivity index (χ4v) is 3.77. The number of aryl methyl sites for hydroxylation is 1. The minimum Gasteiger partial charge on any atom is -0.494 e. The average molecular weight is 461 g/mol. The van der Waals surface area contributed by atoms with E-state index >= 15 is 0 Å². The number of nitrogens with zero attached hydrogens (tertiary/aromatic N) is 2. The maximum Gasteiger partial charge on any atom is 0.273 e. The summed E-state index contributed by atoms with van der Waals surface area (Å²) in [6.07, 6.45) is 0.0282. The SMILES string of the molecule is COc1cc([N+](=O)[O-])ccc1N1C[C@@H](C(=O)Nc2ccc(Oc3ccccc3C)cc2)CC1=O. The normalized spacial score (nSPS) is 15.2. The van der Waals surface area contributed by atoms with Crippen LogP contribution >= 0.6 is 0 Å². The van der Waals surface area contributed by atoms with Gasteiger partial charge >= 0.3 is 0 Å². The van der Waals surface area contributed by atoms with Crippen LogP contribution in [0.2, 0.25) is 0 Å². The van der Waals surface area contributed by atoms with Gasteiger partial charge in [-0.1, -0.05) is 18.2 Å². The quantitative estimate of drug-likeness (QED) is 0.403. The molecule has 0 aromatic heterocycles. The molecule has 1 saturated heterocycles. The second-order valence-corrected chi connectivity index (χ2v) is 7.90. The number of methoxy groups -OCH3 is 1. The molecule has 0 radical (unpaired) electrons. The van der Waals surface area contributed by atoms with Crippen molar-refractivity contribution in [3.8, 4) is 17.2 Å². The number of carbonyl (C=O) groups is 2. The molecule has 34 heavy (non-hydrogen) atoms. The van der Waals surface area contributed by atoms with E-state index in [1.807, 2.05) is 31.2 Å². The Morgan fingerprint density at radius 3 is 2.50 bits per heavy atom. The molecule has 1 atom stereocenters. The number of hydrogen-bond acceptors (Lipinski definition) is 6. The standard InChI is InChI=1S/C25H23N3O6/c1-16-5-3-4-6-22(16)34-20-10-7-18(8-11-20)26-25(30)17-13-24(29)27(15-17)21-12-9-19(28(31)32)14-23(21)33-2/h3-12,14,17H,13,15H2,1-2H3,(H,26,30)/t17-/m0/s1. The zero-order valence-corrected chi connectivity index (χ0v) is 18.7. The number of non-ortho nitro benzene ring substituents is 1. The topological polar surface area (TPSA) is 111 Å². The Hall–Kier alpha value is -4.40. The lowest BCUT2D eigenvalue weighted by Crippen LogP contribution is -2.28. The van der Waals surface area contributed by atoms with Gasteiger partial charge in [-0.15, -0.1) is 0 Å². The van der Waals surface area contributed by atoms with Crippen LogP contribution in [0.1, 0.15) is 12.0 Å². The maximum absolute atomic E-state index is 12.8. The molecule has 3 aromatic carbocycles. The fourth-order valence-electron chi connectivity index (χ4n) is 3.77. The summed E-state index contributed by atoms with van der Waals surface area (Å²) in [5.74, 6) is 0.479. The largest absolute Gasteiger partial charge is 0.494 e. The maximum atomic E-state index is 12.8. The lowest BCUT2D eigenvalue weighted by atomic mass is 10.1. The van der Waals surface area contributed by atoms with Crippen LogP contribution in [-0.4, -0.2) is 30.4 Å². The van der Waals surface area contributed by atoms with Gasteiger partial charge in [0.2, 0.25) is 11.8 Å². The Labute approximate surface area is 196 Å². The number of nitrogens with one attached hydrogen (secondary N) is 1. The van der Waals surface area contributed by atoms with Gasteiger partial charge in [-0.3, -0.25) is 19.7 Å². The molecule has 1 N–H and O–H groups in total. The van der Waals surface area contributed by atoms with E-state index in [0.29, 0.717) is 17.1 Å². The lowest BCUT2D eigenvalue weighted by Gasteiger charge is -2.19. The third kappa shape index (κ3) is 4.83. The zero-order chi connectivity index (χ0) is 24.2. The number of carbonyl (C=O) groups excluding carboxylic acids is 2. The first-order valence-corrected chi connectivity index (χ1v) is 10.6. The lowest BCUT2D eigenvalue weighted by molar-refractivity contribution is -0.384. The van der Waals surface area contributed by atoms with Crippen molar-refractivity contribution in [1.82, 2.24) is 0 Å². The summed E-state index contributed by atoms with van der Waals surface area (Å²) in [6.45, 7) is 2.11. The number of anilines is 2. The third-order valence-corrected chi connectivity index (χ3v) is 5.60. The molecule has 1 fully saturated rings. The molecule has 0 unspecified atom stereocenters. The van der Waals surface area contributed by atoms with Crippen LogP contribution in [0.25, 0.3) is 0 Å². The first-order chi connectivity index (χ1) is 16.4. The Kier molecular flexibility index (Phi) is 6.44. The van der Waals surface area contributed by atoms with Gasteiger partial charge in [-0.25, -0.2) is 0 Å².